The summed E-state index contributed by atoms with van der Waals surface area (Å²) in [6.45, 7) is 28.1. The van der Waals surface area contributed by atoms with E-state index in [2.05, 4.69) is 72.9 Å². The number of nitrogen functional groups attached to an aromatic ring is 5. The number of aromatic nitrogens is 3. The number of anilines is 5. The van der Waals surface area contributed by atoms with E-state index in [-0.39, 0.29) is 5.69 Å². The van der Waals surface area contributed by atoms with Gasteiger partial charge in [-0.15, -0.1) is 25.5 Å². The van der Waals surface area contributed by atoms with E-state index in [1.807, 2.05) is 253 Å². The van der Waals surface area contributed by atoms with Crippen molar-refractivity contribution in [2.45, 2.75) is 96.9 Å². The largest absolute Gasteiger partial charge is 0.397 e. The van der Waals surface area contributed by atoms with Gasteiger partial charge in [-0.1, -0.05) is 189 Å². The summed E-state index contributed by atoms with van der Waals surface area (Å²) in [6.07, 6.45) is 0. The average molecular weight is 1220 g/mol. The normalized spacial score (nSPS) is 9.82. The fourth-order valence-corrected chi connectivity index (χ4v) is 7.66. The third kappa shape index (κ3) is 27.6. The number of para-hydroxylation sites is 5. The summed E-state index contributed by atoms with van der Waals surface area (Å²) in [5.74, 6) is 0. The van der Waals surface area contributed by atoms with Gasteiger partial charge in [0.15, 0.2) is 0 Å². The summed E-state index contributed by atoms with van der Waals surface area (Å²) >= 11 is 0. The van der Waals surface area contributed by atoms with Crippen LogP contribution >= 0.6 is 0 Å². The van der Waals surface area contributed by atoms with Crippen molar-refractivity contribution in [3.8, 4) is 5.69 Å². The van der Waals surface area contributed by atoms with E-state index in [1.165, 1.54) is 23.3 Å². The van der Waals surface area contributed by atoms with Crippen molar-refractivity contribution >= 4 is 79.3 Å². The molecule has 91 heavy (non-hydrogen) atoms. The van der Waals surface area contributed by atoms with E-state index in [0.29, 0.717) is 34.1 Å². The number of nitro groups is 1. The molecule has 0 saturated carbocycles. The van der Waals surface area contributed by atoms with Crippen molar-refractivity contribution in [1.82, 2.24) is 15.0 Å². The molecule has 0 radical (unpaired) electrons. The van der Waals surface area contributed by atoms with Crippen molar-refractivity contribution in [3.05, 3.63) is 280 Å². The minimum atomic E-state index is -0.417. The first-order valence-electron chi connectivity index (χ1n) is 30.2. The van der Waals surface area contributed by atoms with Crippen molar-refractivity contribution in [2.75, 3.05) is 28.7 Å². The molecule has 17 heteroatoms. The number of aryl methyl sites for hydroxylation is 6. The summed E-state index contributed by atoms with van der Waals surface area (Å²) in [4.78, 5) is 11.3. The average Bonchev–Trinajstić information content (AvgIpc) is 3.31. The van der Waals surface area contributed by atoms with Gasteiger partial charge < -0.3 is 28.7 Å². The van der Waals surface area contributed by atoms with Crippen LogP contribution in [-0.4, -0.2) is 19.9 Å². The third-order valence-electron chi connectivity index (χ3n) is 11.8. The summed E-state index contributed by atoms with van der Waals surface area (Å²) in [7, 11) is 0. The van der Waals surface area contributed by atoms with Gasteiger partial charge in [0.1, 0.15) is 28.1 Å². The number of hydrogen-bond donors (Lipinski definition) is 5. The summed E-state index contributed by atoms with van der Waals surface area (Å²) in [5.41, 5.74) is 46.1. The van der Waals surface area contributed by atoms with Gasteiger partial charge in [0.05, 0.1) is 56.1 Å². The number of benzene rings is 10. The number of nitro benzene ring substituents is 1. The molecule has 0 aliphatic heterocycles. The van der Waals surface area contributed by atoms with Crippen LogP contribution in [0.4, 0.5) is 68.2 Å². The Balaban J connectivity index is 0.000000369. The molecule has 1 heterocycles. The van der Waals surface area contributed by atoms with Gasteiger partial charge in [0, 0.05) is 12.1 Å². The van der Waals surface area contributed by atoms with Crippen LogP contribution in [0.15, 0.2) is 267 Å². The fraction of sp³-hybridized carbons (Fsp3) is 0.189. The molecule has 474 valence electrons. The number of nitrogens with two attached hydrogens (primary N) is 5. The molecule has 11 rings (SSSR count). The zero-order chi connectivity index (χ0) is 67.5. The predicted molar refractivity (Wildman–Crippen MR) is 385 cm³/mol. The third-order valence-corrected chi connectivity index (χ3v) is 11.8. The highest BCUT2D eigenvalue weighted by molar-refractivity contribution is 5.78. The molecule has 0 fully saturated rings. The number of fused-ring (bicyclic) bond motifs is 1. The fourth-order valence-electron chi connectivity index (χ4n) is 7.66. The second-order valence-corrected chi connectivity index (χ2v) is 18.7. The van der Waals surface area contributed by atoms with Crippen LogP contribution in [0, 0.1) is 51.7 Å². The second kappa shape index (κ2) is 43.4. The zero-order valence-corrected chi connectivity index (χ0v) is 55.2. The Morgan fingerprint density at radius 2 is 0.736 bits per heavy atom. The minimum Gasteiger partial charge on any atom is -0.397 e. The van der Waals surface area contributed by atoms with Crippen molar-refractivity contribution in [1.29, 1.82) is 0 Å². The van der Waals surface area contributed by atoms with E-state index >= 15 is 0 Å². The molecule has 17 nitrogen and oxygen atoms in total. The second-order valence-electron chi connectivity index (χ2n) is 18.7. The Kier molecular flexibility index (Phi) is 36.2. The van der Waals surface area contributed by atoms with Crippen LogP contribution < -0.4 is 28.7 Å². The molecule has 10 N–H and O–H groups in total. The van der Waals surface area contributed by atoms with Crippen molar-refractivity contribution in [2.24, 2.45) is 30.7 Å². The van der Waals surface area contributed by atoms with Crippen LogP contribution in [0.1, 0.15) is 88.8 Å². The van der Waals surface area contributed by atoms with Gasteiger partial charge in [-0.2, -0.15) is 20.1 Å². The first-order chi connectivity index (χ1) is 44.0. The molecule has 0 aliphatic rings. The highest BCUT2D eigenvalue weighted by Crippen LogP contribution is 2.31. The Hall–Kier alpha value is -11.2. The molecule has 0 aliphatic carbocycles. The molecular weight excluding hydrogens is 1130 g/mol. The van der Waals surface area contributed by atoms with Crippen LogP contribution in [-0.2, 0) is 0 Å². The first kappa shape index (κ1) is 75.9. The van der Waals surface area contributed by atoms with Crippen molar-refractivity contribution < 1.29 is 4.92 Å². The number of non-ortho nitro benzene ring substituents is 1. The van der Waals surface area contributed by atoms with E-state index < -0.39 is 4.92 Å². The molecule has 11 aromatic rings. The predicted octanol–water partition coefficient (Wildman–Crippen LogP) is 21.9. The number of rotatable bonds is 8. The summed E-state index contributed by atoms with van der Waals surface area (Å²) in [6, 6.07) is 73.5. The number of nitrogens with zero attached hydrogens (tertiary/aromatic N) is 10. The van der Waals surface area contributed by atoms with E-state index in [1.54, 1.807) is 41.2 Å². The maximum atomic E-state index is 10.0. The Morgan fingerprint density at radius 3 is 1.18 bits per heavy atom. The van der Waals surface area contributed by atoms with Crippen LogP contribution in [0.2, 0.25) is 0 Å². The minimum absolute atomic E-state index is 0.137. The standard InChI is InChI=1S/C14H13N3.2C14H15N3.C12H11N3.C6H8N2.C6H5NO2.4C2H6/c1-10-8-11(2)14-13(9-10)15-17(16-14)12-6-4-3-5-7-12;1-10-8-11(2)14(15)13(9-10)17-16-12-6-4-3-5-7-12;1-10-8-11(2)14(13(15)9-10)17-16-12-6-4-3-5-7-12;13-11-8-4-5-9-12(11)15-14-10-6-2-1-3-7-10;7-5-3-1-2-4-6(5)8;8-7(9)6-4-2-1-3-5-6;4*1-2/h3-9H,1-2H3;2*3-9H,15H2,1-2H3;1-9H,13H2;1-4H,7-8H2;1-5H;4*1-2H3. The van der Waals surface area contributed by atoms with E-state index in [4.69, 9.17) is 28.7 Å². The molecule has 0 saturated heterocycles. The Bertz CT molecular complexity index is 3850. The summed E-state index contributed by atoms with van der Waals surface area (Å²) in [5, 5.41) is 44.0. The van der Waals surface area contributed by atoms with Crippen LogP contribution in [0.5, 0.6) is 0 Å². The summed E-state index contributed by atoms with van der Waals surface area (Å²) < 4.78 is 0. The topological polar surface area (TPSA) is 278 Å². The van der Waals surface area contributed by atoms with Gasteiger partial charge in [-0.25, -0.2) is 0 Å². The van der Waals surface area contributed by atoms with E-state index in [9.17, 15) is 10.1 Å². The quantitative estimate of drug-likeness (QED) is 0.0418. The number of azo groups is 3. The van der Waals surface area contributed by atoms with Gasteiger partial charge in [0.2, 0.25) is 0 Å². The molecule has 0 atom stereocenters. The van der Waals surface area contributed by atoms with Crippen LogP contribution in [0.3, 0.4) is 0 Å². The molecular formula is C74H91N15O2. The highest BCUT2D eigenvalue weighted by atomic mass is 16.6. The van der Waals surface area contributed by atoms with Gasteiger partial charge in [0.25, 0.3) is 5.69 Å². The van der Waals surface area contributed by atoms with Gasteiger partial charge in [-0.05, 0) is 166 Å². The van der Waals surface area contributed by atoms with E-state index in [0.717, 1.165) is 67.4 Å². The number of hydrogen-bond acceptors (Lipinski definition) is 15. The van der Waals surface area contributed by atoms with Gasteiger partial charge >= 0.3 is 0 Å². The first-order valence-corrected chi connectivity index (χ1v) is 30.2. The van der Waals surface area contributed by atoms with Crippen LogP contribution in [0.25, 0.3) is 16.7 Å². The SMILES string of the molecule is CC.CC.CC.CC.Cc1cc(C)c(N)c(N=Nc2ccccc2)c1.Cc1cc(C)c(N=Nc2ccccc2)c(N)c1.Cc1cc(C)c2nn(-c3ccccc3)nc2c1.Nc1ccccc1N.Nc1ccccc1N=Nc1ccccc1.O=[N+]([O-])c1ccccc1. The maximum absolute atomic E-state index is 10.0. The molecule has 0 bridgehead atoms. The zero-order valence-electron chi connectivity index (χ0n) is 55.2. The lowest BCUT2D eigenvalue weighted by molar-refractivity contribution is -0.384. The highest BCUT2D eigenvalue weighted by Gasteiger charge is 2.08. The molecule has 10 aromatic carbocycles. The monoisotopic (exact) mass is 1220 g/mol. The van der Waals surface area contributed by atoms with Crippen molar-refractivity contribution in [3.63, 3.8) is 0 Å². The molecule has 0 spiro atoms. The lowest BCUT2D eigenvalue weighted by Gasteiger charge is -2.04. The molecule has 1 aromatic heterocycles. The smallest absolute Gasteiger partial charge is 0.269 e. The van der Waals surface area contributed by atoms with Gasteiger partial charge in [-0.3, -0.25) is 10.1 Å². The Morgan fingerprint density at radius 1 is 0.363 bits per heavy atom. The molecule has 0 unspecified atom stereocenters. The lowest BCUT2D eigenvalue weighted by Crippen LogP contribution is -1.97. The lowest BCUT2D eigenvalue weighted by atomic mass is 10.1. The maximum Gasteiger partial charge on any atom is 0.269 e. The Labute approximate surface area is 538 Å². The molecule has 0 amide bonds.